The lowest BCUT2D eigenvalue weighted by molar-refractivity contribution is 0.0526. The molecule has 1 fully saturated rings. The van der Waals surface area contributed by atoms with Crippen LogP contribution in [0.5, 0.6) is 0 Å². The van der Waals surface area contributed by atoms with Crippen LogP contribution in [0.15, 0.2) is 18.3 Å². The van der Waals surface area contributed by atoms with E-state index in [1.165, 1.54) is 0 Å². The summed E-state index contributed by atoms with van der Waals surface area (Å²) in [5.41, 5.74) is 0.491. The van der Waals surface area contributed by atoms with Crippen molar-refractivity contribution >= 4 is 11.8 Å². The third kappa shape index (κ3) is 2.39. The Hall–Kier alpha value is -1.62. The molecule has 0 spiro atoms. The minimum absolute atomic E-state index is 0.179. The second kappa shape index (κ2) is 5.14. The van der Waals surface area contributed by atoms with Crippen molar-refractivity contribution < 1.29 is 14.6 Å². The number of aromatic nitrogens is 1. The maximum atomic E-state index is 11.7. The van der Waals surface area contributed by atoms with Gasteiger partial charge in [-0.1, -0.05) is 0 Å². The first-order valence-electron chi connectivity index (χ1n) is 5.74. The first-order valence-corrected chi connectivity index (χ1v) is 5.74. The van der Waals surface area contributed by atoms with E-state index in [-0.39, 0.29) is 18.5 Å². The van der Waals surface area contributed by atoms with Gasteiger partial charge in [-0.3, -0.25) is 0 Å². The van der Waals surface area contributed by atoms with Crippen molar-refractivity contribution in [2.24, 2.45) is 5.92 Å². The number of aliphatic hydroxyl groups is 1. The third-order valence-corrected chi connectivity index (χ3v) is 2.80. The average Bonchev–Trinajstić information content (AvgIpc) is 2.28. The molecule has 2 heterocycles. The highest BCUT2D eigenvalue weighted by Crippen LogP contribution is 2.25. The summed E-state index contributed by atoms with van der Waals surface area (Å²) in [6, 6.07) is 3.44. The lowest BCUT2D eigenvalue weighted by atomic mass is 10.0. The fourth-order valence-corrected chi connectivity index (χ4v) is 1.88. The van der Waals surface area contributed by atoms with Gasteiger partial charge in [0.15, 0.2) is 0 Å². The van der Waals surface area contributed by atoms with Crippen LogP contribution in [0.25, 0.3) is 0 Å². The molecule has 1 saturated heterocycles. The Morgan fingerprint density at radius 3 is 3.06 bits per heavy atom. The van der Waals surface area contributed by atoms with Gasteiger partial charge in [0.25, 0.3) is 0 Å². The number of aliphatic hydroxyl groups excluding tert-OH is 1. The summed E-state index contributed by atoms with van der Waals surface area (Å²) in [5, 5.41) is 8.97. The minimum atomic E-state index is -0.344. The zero-order valence-corrected chi connectivity index (χ0v) is 9.80. The van der Waals surface area contributed by atoms with Crippen LogP contribution < -0.4 is 4.90 Å². The first-order chi connectivity index (χ1) is 8.26. The molecule has 0 bridgehead atoms. The Morgan fingerprint density at radius 2 is 2.41 bits per heavy atom. The molecule has 0 aliphatic carbocycles. The zero-order valence-electron chi connectivity index (χ0n) is 9.80. The molecule has 1 aliphatic rings. The molecule has 0 saturated carbocycles. The van der Waals surface area contributed by atoms with Gasteiger partial charge in [-0.2, -0.15) is 0 Å². The largest absolute Gasteiger partial charge is 0.462 e. The molecule has 17 heavy (non-hydrogen) atoms. The smallest absolute Gasteiger partial charge is 0.341 e. The molecule has 5 heteroatoms. The van der Waals surface area contributed by atoms with Crippen LogP contribution in [0, 0.1) is 5.92 Å². The minimum Gasteiger partial charge on any atom is -0.462 e. The Labute approximate surface area is 100 Å². The number of carbonyl (C=O) groups excluding carboxylic acids is 1. The predicted molar refractivity (Wildman–Crippen MR) is 63.0 cm³/mol. The molecular formula is C12H16N2O3. The van der Waals surface area contributed by atoms with Gasteiger partial charge in [-0.05, 0) is 19.1 Å². The van der Waals surface area contributed by atoms with Gasteiger partial charge >= 0.3 is 5.97 Å². The Kier molecular flexibility index (Phi) is 3.58. The highest BCUT2D eigenvalue weighted by molar-refractivity contribution is 5.94. The van der Waals surface area contributed by atoms with E-state index in [0.29, 0.717) is 18.0 Å². The molecule has 0 atom stereocenters. The van der Waals surface area contributed by atoms with Crippen LogP contribution in [-0.2, 0) is 4.74 Å². The Morgan fingerprint density at radius 1 is 1.65 bits per heavy atom. The van der Waals surface area contributed by atoms with E-state index in [2.05, 4.69) is 4.98 Å². The van der Waals surface area contributed by atoms with Crippen LogP contribution in [0.1, 0.15) is 17.3 Å². The molecule has 1 aromatic rings. The zero-order chi connectivity index (χ0) is 12.3. The van der Waals surface area contributed by atoms with Crippen molar-refractivity contribution in [3.05, 3.63) is 23.9 Å². The van der Waals surface area contributed by atoms with Crippen LogP contribution in [0.2, 0.25) is 0 Å². The second-order valence-corrected chi connectivity index (χ2v) is 4.05. The quantitative estimate of drug-likeness (QED) is 0.779. The molecular weight excluding hydrogens is 220 g/mol. The molecule has 0 aromatic carbocycles. The fourth-order valence-electron chi connectivity index (χ4n) is 1.88. The summed E-state index contributed by atoms with van der Waals surface area (Å²) >= 11 is 0. The Bertz CT molecular complexity index is 402. The topological polar surface area (TPSA) is 62.7 Å². The highest BCUT2D eigenvalue weighted by atomic mass is 16.5. The monoisotopic (exact) mass is 236 g/mol. The molecule has 1 aliphatic heterocycles. The van der Waals surface area contributed by atoms with Crippen molar-refractivity contribution in [2.45, 2.75) is 6.92 Å². The van der Waals surface area contributed by atoms with Gasteiger partial charge in [0.1, 0.15) is 11.4 Å². The van der Waals surface area contributed by atoms with Gasteiger partial charge < -0.3 is 14.7 Å². The number of pyridine rings is 1. The number of hydrogen-bond donors (Lipinski definition) is 1. The first kappa shape index (κ1) is 11.9. The Balaban J connectivity index is 2.14. The summed E-state index contributed by atoms with van der Waals surface area (Å²) in [4.78, 5) is 17.9. The van der Waals surface area contributed by atoms with Crippen molar-refractivity contribution in [1.29, 1.82) is 0 Å². The van der Waals surface area contributed by atoms with Crippen LogP contribution in [0.4, 0.5) is 5.82 Å². The molecule has 5 nitrogen and oxygen atoms in total. The van der Waals surface area contributed by atoms with Crippen molar-refractivity contribution in [3.8, 4) is 0 Å². The summed E-state index contributed by atoms with van der Waals surface area (Å²) in [7, 11) is 0. The second-order valence-electron chi connectivity index (χ2n) is 4.05. The lowest BCUT2D eigenvalue weighted by Gasteiger charge is -2.39. The summed E-state index contributed by atoms with van der Waals surface area (Å²) in [6.07, 6.45) is 1.66. The number of anilines is 1. The average molecular weight is 236 g/mol. The van der Waals surface area contributed by atoms with Crippen LogP contribution >= 0.6 is 0 Å². The number of rotatable bonds is 4. The molecule has 92 valence electrons. The van der Waals surface area contributed by atoms with E-state index in [0.717, 1.165) is 13.1 Å². The normalized spacial score (nSPS) is 15.5. The number of ether oxygens (including phenoxy) is 1. The summed E-state index contributed by atoms with van der Waals surface area (Å²) in [5.74, 6) is 0.589. The SMILES string of the molecule is CCOC(=O)c1cccnc1N1CC(CO)C1. The maximum Gasteiger partial charge on any atom is 0.341 e. The molecule has 1 aromatic heterocycles. The van der Waals surface area contributed by atoms with E-state index in [9.17, 15) is 4.79 Å². The van der Waals surface area contributed by atoms with Crippen molar-refractivity contribution in [2.75, 3.05) is 31.2 Å². The van der Waals surface area contributed by atoms with Gasteiger partial charge in [-0.15, -0.1) is 0 Å². The van der Waals surface area contributed by atoms with E-state index < -0.39 is 0 Å². The fraction of sp³-hybridized carbons (Fsp3) is 0.500. The third-order valence-electron chi connectivity index (χ3n) is 2.80. The molecule has 2 rings (SSSR count). The maximum absolute atomic E-state index is 11.7. The standard InChI is InChI=1S/C12H16N2O3/c1-2-17-12(16)10-4-3-5-13-11(10)14-6-9(7-14)8-15/h3-5,9,15H,2,6-8H2,1H3. The van der Waals surface area contributed by atoms with E-state index in [4.69, 9.17) is 9.84 Å². The van der Waals surface area contributed by atoms with Gasteiger partial charge in [0, 0.05) is 31.8 Å². The summed E-state index contributed by atoms with van der Waals surface area (Å²) in [6.45, 7) is 3.78. The molecule has 1 N–H and O–H groups in total. The van der Waals surface area contributed by atoms with Gasteiger partial charge in [-0.25, -0.2) is 9.78 Å². The van der Waals surface area contributed by atoms with E-state index in [1.807, 2.05) is 4.90 Å². The van der Waals surface area contributed by atoms with Crippen molar-refractivity contribution in [1.82, 2.24) is 4.98 Å². The molecule has 0 amide bonds. The number of nitrogens with zero attached hydrogens (tertiary/aromatic N) is 2. The van der Waals surface area contributed by atoms with Gasteiger partial charge in [0.05, 0.1) is 6.61 Å². The predicted octanol–water partition coefficient (Wildman–Crippen LogP) is 0.687. The van der Waals surface area contributed by atoms with Crippen molar-refractivity contribution in [3.63, 3.8) is 0 Å². The van der Waals surface area contributed by atoms with Gasteiger partial charge in [0.2, 0.25) is 0 Å². The number of hydrogen-bond acceptors (Lipinski definition) is 5. The van der Waals surface area contributed by atoms with E-state index >= 15 is 0 Å². The molecule has 0 radical (unpaired) electrons. The highest BCUT2D eigenvalue weighted by Gasteiger charge is 2.30. The molecule has 0 unspecified atom stereocenters. The summed E-state index contributed by atoms with van der Waals surface area (Å²) < 4.78 is 4.99. The lowest BCUT2D eigenvalue weighted by Crippen LogP contribution is -2.49. The van der Waals surface area contributed by atoms with Crippen LogP contribution in [-0.4, -0.2) is 42.4 Å². The van der Waals surface area contributed by atoms with E-state index in [1.54, 1.807) is 25.3 Å². The van der Waals surface area contributed by atoms with Crippen LogP contribution in [0.3, 0.4) is 0 Å². The number of carbonyl (C=O) groups is 1. The number of esters is 1.